The maximum Gasteiger partial charge on any atom is 0.356 e. The van der Waals surface area contributed by atoms with Gasteiger partial charge in [-0.3, -0.25) is 0 Å². The molecule has 2 rings (SSSR count). The third-order valence-corrected chi connectivity index (χ3v) is 2.82. The summed E-state index contributed by atoms with van der Waals surface area (Å²) in [4.78, 5) is 11.1. The molecule has 0 spiro atoms. The molecule has 0 radical (unpaired) electrons. The van der Waals surface area contributed by atoms with E-state index in [1.807, 2.05) is 24.3 Å². The predicted octanol–water partition coefficient (Wildman–Crippen LogP) is 2.10. The normalized spacial score (nSPS) is 10.5. The van der Waals surface area contributed by atoms with Gasteiger partial charge in [-0.05, 0) is 24.6 Å². The standard InChI is InChI=1S/C11H10BrN3O2/c1-7-10(11(16)17)15(14-13-7)6-8-3-2-4-9(12)5-8/h2-5H,6H2,1H3,(H,16,17). The van der Waals surface area contributed by atoms with Crippen molar-refractivity contribution in [3.05, 3.63) is 45.7 Å². The van der Waals surface area contributed by atoms with Gasteiger partial charge in [-0.2, -0.15) is 0 Å². The van der Waals surface area contributed by atoms with E-state index < -0.39 is 5.97 Å². The lowest BCUT2D eigenvalue weighted by molar-refractivity contribution is 0.0683. The van der Waals surface area contributed by atoms with Gasteiger partial charge in [0.15, 0.2) is 5.69 Å². The van der Waals surface area contributed by atoms with E-state index in [9.17, 15) is 4.79 Å². The highest BCUT2D eigenvalue weighted by molar-refractivity contribution is 9.10. The number of carboxylic acids is 1. The second-order valence-corrected chi connectivity index (χ2v) is 4.53. The van der Waals surface area contributed by atoms with Crippen molar-refractivity contribution in [3.63, 3.8) is 0 Å². The summed E-state index contributed by atoms with van der Waals surface area (Å²) in [6.45, 7) is 2.02. The van der Waals surface area contributed by atoms with Crippen LogP contribution in [0.25, 0.3) is 0 Å². The van der Waals surface area contributed by atoms with Gasteiger partial charge in [-0.1, -0.05) is 33.3 Å². The van der Waals surface area contributed by atoms with E-state index in [1.165, 1.54) is 4.68 Å². The third kappa shape index (κ3) is 2.52. The van der Waals surface area contributed by atoms with Gasteiger partial charge >= 0.3 is 5.97 Å². The molecule has 1 aromatic heterocycles. The molecular formula is C11H10BrN3O2. The first-order valence-electron chi connectivity index (χ1n) is 4.96. The van der Waals surface area contributed by atoms with Crippen LogP contribution in [0.2, 0.25) is 0 Å². The number of hydrogen-bond acceptors (Lipinski definition) is 3. The van der Waals surface area contributed by atoms with Gasteiger partial charge < -0.3 is 5.11 Å². The molecule has 0 atom stereocenters. The zero-order chi connectivity index (χ0) is 12.4. The van der Waals surface area contributed by atoms with E-state index in [4.69, 9.17) is 5.11 Å². The van der Waals surface area contributed by atoms with Crippen LogP contribution in [0.1, 0.15) is 21.7 Å². The number of aryl methyl sites for hydroxylation is 1. The van der Waals surface area contributed by atoms with E-state index in [1.54, 1.807) is 6.92 Å². The minimum atomic E-state index is -1.01. The quantitative estimate of drug-likeness (QED) is 0.941. The summed E-state index contributed by atoms with van der Waals surface area (Å²) in [5.74, 6) is -1.01. The second kappa shape index (κ2) is 4.67. The molecule has 5 nitrogen and oxygen atoms in total. The fourth-order valence-electron chi connectivity index (χ4n) is 1.58. The number of rotatable bonds is 3. The Morgan fingerprint density at radius 3 is 2.94 bits per heavy atom. The molecule has 17 heavy (non-hydrogen) atoms. The molecule has 0 saturated carbocycles. The second-order valence-electron chi connectivity index (χ2n) is 3.62. The molecule has 2 aromatic rings. The Balaban J connectivity index is 2.33. The minimum Gasteiger partial charge on any atom is -0.476 e. The third-order valence-electron chi connectivity index (χ3n) is 2.33. The number of halogens is 1. The maximum absolute atomic E-state index is 11.1. The van der Waals surface area contributed by atoms with Crippen LogP contribution in [0.5, 0.6) is 0 Å². The van der Waals surface area contributed by atoms with Gasteiger partial charge in [-0.15, -0.1) is 5.10 Å². The van der Waals surface area contributed by atoms with Crippen molar-refractivity contribution in [1.82, 2.24) is 15.0 Å². The molecule has 0 aliphatic heterocycles. The summed E-state index contributed by atoms with van der Waals surface area (Å²) >= 11 is 3.37. The van der Waals surface area contributed by atoms with Crippen LogP contribution in [-0.4, -0.2) is 26.1 Å². The fourth-order valence-corrected chi connectivity index (χ4v) is 2.03. The van der Waals surface area contributed by atoms with E-state index >= 15 is 0 Å². The molecule has 0 aliphatic rings. The van der Waals surface area contributed by atoms with Crippen LogP contribution >= 0.6 is 15.9 Å². The van der Waals surface area contributed by atoms with Crippen molar-refractivity contribution in [1.29, 1.82) is 0 Å². The van der Waals surface area contributed by atoms with E-state index in [0.29, 0.717) is 12.2 Å². The Morgan fingerprint density at radius 1 is 1.53 bits per heavy atom. The molecule has 0 bridgehead atoms. The van der Waals surface area contributed by atoms with Crippen LogP contribution in [0.3, 0.4) is 0 Å². The molecule has 1 aromatic carbocycles. The number of nitrogens with zero attached hydrogens (tertiary/aromatic N) is 3. The zero-order valence-electron chi connectivity index (χ0n) is 9.09. The Labute approximate surface area is 106 Å². The van der Waals surface area contributed by atoms with Crippen molar-refractivity contribution in [3.8, 4) is 0 Å². The Kier molecular flexibility index (Phi) is 3.23. The minimum absolute atomic E-state index is 0.130. The molecule has 0 amide bonds. The average Bonchev–Trinajstić information content (AvgIpc) is 2.59. The van der Waals surface area contributed by atoms with Crippen molar-refractivity contribution in [2.45, 2.75) is 13.5 Å². The van der Waals surface area contributed by atoms with Crippen molar-refractivity contribution < 1.29 is 9.90 Å². The smallest absolute Gasteiger partial charge is 0.356 e. The first kappa shape index (κ1) is 11.8. The lowest BCUT2D eigenvalue weighted by atomic mass is 10.2. The van der Waals surface area contributed by atoms with Crippen molar-refractivity contribution in [2.75, 3.05) is 0 Å². The van der Waals surface area contributed by atoms with Gasteiger partial charge in [0.25, 0.3) is 0 Å². The lowest BCUT2D eigenvalue weighted by Crippen LogP contribution is -2.11. The van der Waals surface area contributed by atoms with Gasteiger partial charge in [0.05, 0.1) is 12.2 Å². The molecule has 6 heteroatoms. The first-order valence-corrected chi connectivity index (χ1v) is 5.75. The Bertz CT molecular complexity index is 566. The molecule has 0 fully saturated rings. The monoisotopic (exact) mass is 295 g/mol. The molecule has 1 N–H and O–H groups in total. The Hall–Kier alpha value is -1.69. The molecule has 0 aliphatic carbocycles. The highest BCUT2D eigenvalue weighted by atomic mass is 79.9. The summed E-state index contributed by atoms with van der Waals surface area (Å²) in [5.41, 5.74) is 1.52. The topological polar surface area (TPSA) is 68.0 Å². The van der Waals surface area contributed by atoms with Gasteiger partial charge in [0.2, 0.25) is 0 Å². The van der Waals surface area contributed by atoms with Crippen LogP contribution in [0.15, 0.2) is 28.7 Å². The molecule has 0 saturated heterocycles. The molecule has 1 heterocycles. The summed E-state index contributed by atoms with van der Waals surface area (Å²) in [7, 11) is 0. The number of carboxylic acid groups (broad SMARTS) is 1. The predicted molar refractivity (Wildman–Crippen MR) is 65.0 cm³/mol. The molecule has 88 valence electrons. The van der Waals surface area contributed by atoms with Gasteiger partial charge in [-0.25, -0.2) is 9.48 Å². The SMILES string of the molecule is Cc1nnn(Cc2cccc(Br)c2)c1C(=O)O. The first-order chi connectivity index (χ1) is 8.08. The Morgan fingerprint density at radius 2 is 2.29 bits per heavy atom. The fraction of sp³-hybridized carbons (Fsp3) is 0.182. The van der Waals surface area contributed by atoms with E-state index in [2.05, 4.69) is 26.2 Å². The number of aromatic nitrogens is 3. The lowest BCUT2D eigenvalue weighted by Gasteiger charge is -2.04. The summed E-state index contributed by atoms with van der Waals surface area (Å²) in [6.07, 6.45) is 0. The number of benzene rings is 1. The van der Waals surface area contributed by atoms with Crippen LogP contribution in [-0.2, 0) is 6.54 Å². The van der Waals surface area contributed by atoms with Crippen LogP contribution < -0.4 is 0 Å². The number of carbonyl (C=O) groups is 1. The van der Waals surface area contributed by atoms with Crippen LogP contribution in [0.4, 0.5) is 0 Å². The number of hydrogen-bond donors (Lipinski definition) is 1. The van der Waals surface area contributed by atoms with E-state index in [0.717, 1.165) is 10.0 Å². The summed E-state index contributed by atoms with van der Waals surface area (Å²) in [6, 6.07) is 7.63. The van der Waals surface area contributed by atoms with Crippen molar-refractivity contribution in [2.24, 2.45) is 0 Å². The van der Waals surface area contributed by atoms with Gasteiger partial charge in [0.1, 0.15) is 0 Å². The highest BCUT2D eigenvalue weighted by Gasteiger charge is 2.16. The number of aromatic carboxylic acids is 1. The maximum atomic E-state index is 11.1. The largest absolute Gasteiger partial charge is 0.476 e. The van der Waals surface area contributed by atoms with Gasteiger partial charge in [0, 0.05) is 4.47 Å². The summed E-state index contributed by atoms with van der Waals surface area (Å²) < 4.78 is 2.34. The van der Waals surface area contributed by atoms with Crippen molar-refractivity contribution >= 4 is 21.9 Å². The molecule has 0 unspecified atom stereocenters. The average molecular weight is 296 g/mol. The highest BCUT2D eigenvalue weighted by Crippen LogP contribution is 2.14. The van der Waals surface area contributed by atoms with E-state index in [-0.39, 0.29) is 5.69 Å². The molecular weight excluding hydrogens is 286 g/mol. The summed E-state index contributed by atoms with van der Waals surface area (Å²) in [5, 5.41) is 16.7. The van der Waals surface area contributed by atoms with Crippen LogP contribution in [0, 0.1) is 6.92 Å². The zero-order valence-corrected chi connectivity index (χ0v) is 10.7.